The Hall–Kier alpha value is -0.0800. The van der Waals surface area contributed by atoms with Gasteiger partial charge in [-0.15, -0.1) is 24.0 Å². The molecular weight excluding hydrogens is 405 g/mol. The Labute approximate surface area is 159 Å². The van der Waals surface area contributed by atoms with Crippen molar-refractivity contribution >= 4 is 29.9 Å². The van der Waals surface area contributed by atoms with Crippen molar-refractivity contribution in [1.29, 1.82) is 0 Å². The van der Waals surface area contributed by atoms with Crippen LogP contribution in [-0.4, -0.2) is 63.0 Å². The van der Waals surface area contributed by atoms with Gasteiger partial charge < -0.3 is 19.7 Å². The maximum atomic E-state index is 5.71. The molecule has 1 rings (SSSR count). The van der Waals surface area contributed by atoms with Crippen molar-refractivity contribution in [2.24, 2.45) is 10.9 Å². The zero-order valence-corrected chi connectivity index (χ0v) is 17.7. The second kappa shape index (κ2) is 14.3. The molecule has 0 aromatic carbocycles. The molecule has 5 nitrogen and oxygen atoms in total. The van der Waals surface area contributed by atoms with Gasteiger partial charge in [0.05, 0.1) is 6.10 Å². The number of nitrogens with zero attached hydrogens (tertiary/aromatic N) is 2. The summed E-state index contributed by atoms with van der Waals surface area (Å²) in [4.78, 5) is 7.09. The Bertz CT molecular complexity index is 306. The van der Waals surface area contributed by atoms with Gasteiger partial charge >= 0.3 is 0 Å². The maximum absolute atomic E-state index is 5.71. The second-order valence-corrected chi connectivity index (χ2v) is 6.20. The van der Waals surface area contributed by atoms with E-state index in [2.05, 4.69) is 37.9 Å². The lowest BCUT2D eigenvalue weighted by Gasteiger charge is -2.34. The van der Waals surface area contributed by atoms with Crippen LogP contribution in [0, 0.1) is 5.92 Å². The van der Waals surface area contributed by atoms with Crippen LogP contribution in [0.25, 0.3) is 0 Å². The fourth-order valence-corrected chi connectivity index (χ4v) is 2.57. The summed E-state index contributed by atoms with van der Waals surface area (Å²) in [5, 5.41) is 3.40. The van der Waals surface area contributed by atoms with Gasteiger partial charge in [0.15, 0.2) is 5.96 Å². The van der Waals surface area contributed by atoms with Crippen LogP contribution >= 0.6 is 24.0 Å². The Morgan fingerprint density at radius 2 is 1.96 bits per heavy atom. The summed E-state index contributed by atoms with van der Waals surface area (Å²) in [6.07, 6.45) is 3.59. The number of hydrogen-bond acceptors (Lipinski definition) is 3. The zero-order valence-electron chi connectivity index (χ0n) is 15.3. The van der Waals surface area contributed by atoms with Gasteiger partial charge in [0.25, 0.3) is 0 Å². The minimum absolute atomic E-state index is 0. The smallest absolute Gasteiger partial charge is 0.193 e. The van der Waals surface area contributed by atoms with Gasteiger partial charge in [-0.25, -0.2) is 0 Å². The molecule has 6 heteroatoms. The summed E-state index contributed by atoms with van der Waals surface area (Å²) >= 11 is 0. The van der Waals surface area contributed by atoms with Crippen molar-refractivity contribution in [3.63, 3.8) is 0 Å². The monoisotopic (exact) mass is 441 g/mol. The predicted octanol–water partition coefficient (Wildman–Crippen LogP) is 3.13. The molecule has 0 aromatic heterocycles. The number of ether oxygens (including phenoxy) is 2. The van der Waals surface area contributed by atoms with Gasteiger partial charge in [-0.05, 0) is 39.0 Å². The normalized spacial score (nSPS) is 16.6. The summed E-state index contributed by atoms with van der Waals surface area (Å²) in [5.74, 6) is 1.65. The van der Waals surface area contributed by atoms with E-state index in [1.165, 1.54) is 0 Å². The van der Waals surface area contributed by atoms with Crippen molar-refractivity contribution in [3.05, 3.63) is 0 Å². The molecule has 1 aliphatic heterocycles. The number of likely N-dealkylation sites (tertiary alicyclic amines) is 1. The van der Waals surface area contributed by atoms with Crippen LogP contribution in [0.3, 0.4) is 0 Å². The standard InChI is InChI=1S/C17H35N3O2.HI/c1-5-18-17(19-10-7-13-21-14-15(3)4)20-11-8-16(9-12-20)22-6-2;/h15-16H,5-14H2,1-4H3,(H,18,19);1H. The lowest BCUT2D eigenvalue weighted by molar-refractivity contribution is 0.0263. The number of halogens is 1. The predicted molar refractivity (Wildman–Crippen MR) is 108 cm³/mol. The van der Waals surface area contributed by atoms with Gasteiger partial charge in [-0.3, -0.25) is 4.99 Å². The van der Waals surface area contributed by atoms with Gasteiger partial charge in [0.1, 0.15) is 0 Å². The number of guanidine groups is 1. The molecule has 0 amide bonds. The molecule has 0 bridgehead atoms. The Morgan fingerprint density at radius 3 is 2.52 bits per heavy atom. The lowest BCUT2D eigenvalue weighted by Crippen LogP contribution is -2.47. The van der Waals surface area contributed by atoms with Gasteiger partial charge in [-0.1, -0.05) is 13.8 Å². The van der Waals surface area contributed by atoms with Crippen LogP contribution in [0.15, 0.2) is 4.99 Å². The summed E-state index contributed by atoms with van der Waals surface area (Å²) < 4.78 is 11.3. The van der Waals surface area contributed by atoms with Crippen molar-refractivity contribution < 1.29 is 9.47 Å². The van der Waals surface area contributed by atoms with Crippen LogP contribution in [0.4, 0.5) is 0 Å². The van der Waals surface area contributed by atoms with Crippen LogP contribution in [0.5, 0.6) is 0 Å². The van der Waals surface area contributed by atoms with E-state index in [-0.39, 0.29) is 24.0 Å². The molecule has 1 saturated heterocycles. The topological polar surface area (TPSA) is 46.1 Å². The highest BCUT2D eigenvalue weighted by Crippen LogP contribution is 2.13. The van der Waals surface area contributed by atoms with Crippen LogP contribution in [-0.2, 0) is 9.47 Å². The first-order chi connectivity index (χ1) is 10.7. The third-order valence-corrected chi connectivity index (χ3v) is 3.64. The first-order valence-electron chi connectivity index (χ1n) is 8.89. The highest BCUT2D eigenvalue weighted by molar-refractivity contribution is 14.0. The Kier molecular flexibility index (Phi) is 14.2. The highest BCUT2D eigenvalue weighted by Gasteiger charge is 2.21. The molecular formula is C17H36IN3O2. The molecule has 23 heavy (non-hydrogen) atoms. The number of piperidine rings is 1. The van der Waals surface area contributed by atoms with E-state index < -0.39 is 0 Å². The largest absolute Gasteiger partial charge is 0.381 e. The SMILES string of the molecule is CCNC(=NCCCOCC(C)C)N1CCC(OCC)CC1.I. The molecule has 1 aliphatic rings. The van der Waals surface area contributed by atoms with Crippen molar-refractivity contribution in [3.8, 4) is 0 Å². The van der Waals surface area contributed by atoms with Crippen LogP contribution in [0.1, 0.15) is 47.0 Å². The average Bonchev–Trinajstić information content (AvgIpc) is 2.50. The summed E-state index contributed by atoms with van der Waals surface area (Å²) in [5.41, 5.74) is 0. The number of nitrogens with one attached hydrogen (secondary N) is 1. The van der Waals surface area contributed by atoms with Crippen LogP contribution in [0.2, 0.25) is 0 Å². The first kappa shape index (κ1) is 22.9. The van der Waals surface area contributed by atoms with E-state index >= 15 is 0 Å². The number of aliphatic imine (C=N–C) groups is 1. The second-order valence-electron chi connectivity index (χ2n) is 6.20. The van der Waals surface area contributed by atoms with Gasteiger partial charge in [0.2, 0.25) is 0 Å². The quantitative estimate of drug-likeness (QED) is 0.259. The third kappa shape index (κ3) is 10.4. The fourth-order valence-electron chi connectivity index (χ4n) is 2.57. The van der Waals surface area contributed by atoms with E-state index in [0.717, 1.165) is 71.2 Å². The minimum atomic E-state index is 0. The van der Waals surface area contributed by atoms with Crippen molar-refractivity contribution in [1.82, 2.24) is 10.2 Å². The molecule has 0 atom stereocenters. The molecule has 1 heterocycles. The van der Waals surface area contributed by atoms with Gasteiger partial charge in [-0.2, -0.15) is 0 Å². The van der Waals surface area contributed by atoms with E-state index in [1.807, 2.05) is 0 Å². The molecule has 0 aromatic rings. The summed E-state index contributed by atoms with van der Waals surface area (Å²) in [7, 11) is 0. The summed E-state index contributed by atoms with van der Waals surface area (Å²) in [6.45, 7) is 14.8. The zero-order chi connectivity index (χ0) is 16.2. The van der Waals surface area contributed by atoms with Crippen molar-refractivity contribution in [2.45, 2.75) is 53.1 Å². The van der Waals surface area contributed by atoms with E-state index in [9.17, 15) is 0 Å². The minimum Gasteiger partial charge on any atom is -0.381 e. The first-order valence-corrected chi connectivity index (χ1v) is 8.89. The van der Waals surface area contributed by atoms with E-state index in [1.54, 1.807) is 0 Å². The molecule has 0 saturated carbocycles. The number of hydrogen-bond donors (Lipinski definition) is 1. The Morgan fingerprint density at radius 1 is 1.26 bits per heavy atom. The maximum Gasteiger partial charge on any atom is 0.193 e. The third-order valence-electron chi connectivity index (χ3n) is 3.64. The van der Waals surface area contributed by atoms with Gasteiger partial charge in [0, 0.05) is 46.0 Å². The number of rotatable bonds is 9. The molecule has 0 spiro atoms. The fraction of sp³-hybridized carbons (Fsp3) is 0.941. The summed E-state index contributed by atoms with van der Waals surface area (Å²) in [6, 6.07) is 0. The molecule has 1 N–H and O–H groups in total. The molecule has 0 unspecified atom stereocenters. The lowest BCUT2D eigenvalue weighted by atomic mass is 10.1. The van der Waals surface area contributed by atoms with E-state index in [0.29, 0.717) is 12.0 Å². The van der Waals surface area contributed by atoms with Crippen molar-refractivity contribution in [2.75, 3.05) is 46.0 Å². The molecule has 138 valence electrons. The Balaban J connectivity index is 0.00000484. The van der Waals surface area contributed by atoms with Crippen LogP contribution < -0.4 is 5.32 Å². The average molecular weight is 441 g/mol. The molecule has 1 fully saturated rings. The highest BCUT2D eigenvalue weighted by atomic mass is 127. The molecule has 0 radical (unpaired) electrons. The van der Waals surface area contributed by atoms with E-state index in [4.69, 9.17) is 14.5 Å². The molecule has 0 aliphatic carbocycles.